The van der Waals surface area contributed by atoms with Crippen LogP contribution in [0.3, 0.4) is 0 Å². The Labute approximate surface area is 134 Å². The molecule has 1 N–H and O–H groups in total. The van der Waals surface area contributed by atoms with E-state index in [9.17, 15) is 10.1 Å². The van der Waals surface area contributed by atoms with Gasteiger partial charge in [-0.3, -0.25) is 10.1 Å². The van der Waals surface area contributed by atoms with Crippen molar-refractivity contribution in [2.24, 2.45) is 11.8 Å². The van der Waals surface area contributed by atoms with E-state index in [1.165, 1.54) is 32.1 Å². The van der Waals surface area contributed by atoms with Crippen molar-refractivity contribution in [2.75, 3.05) is 5.32 Å². The molecule has 0 saturated heterocycles. The van der Waals surface area contributed by atoms with Gasteiger partial charge in [0.1, 0.15) is 0 Å². The van der Waals surface area contributed by atoms with Gasteiger partial charge in [-0.25, -0.2) is 0 Å². The van der Waals surface area contributed by atoms with E-state index in [0.717, 1.165) is 17.5 Å². The molecule has 116 valence electrons. The van der Waals surface area contributed by atoms with Crippen LogP contribution < -0.4 is 5.32 Å². The minimum Gasteiger partial charge on any atom is -0.382 e. The molecule has 2 rings (SSSR count). The average molecular weight is 355 g/mol. The van der Waals surface area contributed by atoms with Crippen LogP contribution in [0, 0.1) is 22.0 Å². The molecule has 2 atom stereocenters. The first-order chi connectivity index (χ1) is 9.97. The van der Waals surface area contributed by atoms with Crippen LogP contribution in [-0.4, -0.2) is 11.0 Å². The van der Waals surface area contributed by atoms with Crippen molar-refractivity contribution in [1.82, 2.24) is 0 Å². The highest BCUT2D eigenvalue weighted by atomic mass is 79.9. The van der Waals surface area contributed by atoms with Gasteiger partial charge in [0.05, 0.1) is 9.40 Å². The Balaban J connectivity index is 1.98. The van der Waals surface area contributed by atoms with Crippen molar-refractivity contribution >= 4 is 27.3 Å². The molecule has 0 aliphatic heterocycles. The molecule has 0 spiro atoms. The number of benzene rings is 1. The Bertz CT molecular complexity index is 505. The quantitative estimate of drug-likeness (QED) is 0.448. The second-order valence-corrected chi connectivity index (χ2v) is 7.13. The molecular formula is C16H23BrN2O2. The molecule has 0 radical (unpaired) electrons. The SMILES string of the molecule is CC(C)C1CCCC(Nc2ccc([N+](=O)[O-])c(Br)c2)CC1. The highest BCUT2D eigenvalue weighted by Gasteiger charge is 2.21. The van der Waals surface area contributed by atoms with Gasteiger partial charge in [-0.2, -0.15) is 0 Å². The maximum absolute atomic E-state index is 10.8. The molecule has 0 amide bonds. The van der Waals surface area contributed by atoms with Gasteiger partial charge in [-0.05, 0) is 59.2 Å². The molecule has 0 aromatic heterocycles. The van der Waals surface area contributed by atoms with Crippen molar-refractivity contribution < 1.29 is 4.92 Å². The number of nitro groups is 1. The maximum atomic E-state index is 10.8. The summed E-state index contributed by atoms with van der Waals surface area (Å²) in [5.41, 5.74) is 1.07. The minimum absolute atomic E-state index is 0.112. The van der Waals surface area contributed by atoms with Crippen LogP contribution in [0.15, 0.2) is 22.7 Å². The number of halogens is 1. The highest BCUT2D eigenvalue weighted by Crippen LogP contribution is 2.32. The monoisotopic (exact) mass is 354 g/mol. The van der Waals surface area contributed by atoms with E-state index < -0.39 is 0 Å². The molecule has 1 saturated carbocycles. The normalized spacial score (nSPS) is 22.9. The lowest BCUT2D eigenvalue weighted by atomic mass is 9.89. The summed E-state index contributed by atoms with van der Waals surface area (Å²) in [5, 5.41) is 14.4. The van der Waals surface area contributed by atoms with Crippen molar-refractivity contribution in [3.05, 3.63) is 32.8 Å². The maximum Gasteiger partial charge on any atom is 0.283 e. The summed E-state index contributed by atoms with van der Waals surface area (Å²) in [6.45, 7) is 4.62. The number of hydrogen-bond donors (Lipinski definition) is 1. The van der Waals surface area contributed by atoms with E-state index in [1.807, 2.05) is 6.07 Å². The molecule has 0 heterocycles. The van der Waals surface area contributed by atoms with Gasteiger partial charge in [-0.15, -0.1) is 0 Å². The van der Waals surface area contributed by atoms with E-state index in [1.54, 1.807) is 12.1 Å². The van der Waals surface area contributed by atoms with Crippen LogP contribution >= 0.6 is 15.9 Å². The Morgan fingerprint density at radius 3 is 2.67 bits per heavy atom. The third-order valence-corrected chi connectivity index (χ3v) is 5.11. The molecule has 5 heteroatoms. The van der Waals surface area contributed by atoms with E-state index in [-0.39, 0.29) is 10.6 Å². The fourth-order valence-corrected chi connectivity index (χ4v) is 3.65. The van der Waals surface area contributed by atoms with E-state index in [0.29, 0.717) is 10.5 Å². The summed E-state index contributed by atoms with van der Waals surface area (Å²) in [7, 11) is 0. The number of nitrogens with one attached hydrogen (secondary N) is 1. The number of nitrogens with zero attached hydrogens (tertiary/aromatic N) is 1. The molecule has 1 aliphatic rings. The lowest BCUT2D eigenvalue weighted by Crippen LogP contribution is -2.18. The van der Waals surface area contributed by atoms with Crippen LogP contribution in [0.1, 0.15) is 46.0 Å². The second kappa shape index (κ2) is 7.25. The first-order valence-electron chi connectivity index (χ1n) is 7.68. The fraction of sp³-hybridized carbons (Fsp3) is 0.625. The molecule has 1 fully saturated rings. The second-order valence-electron chi connectivity index (χ2n) is 6.28. The van der Waals surface area contributed by atoms with Gasteiger partial charge in [0.2, 0.25) is 0 Å². The largest absolute Gasteiger partial charge is 0.382 e. The number of nitro benzene ring substituents is 1. The zero-order valence-electron chi connectivity index (χ0n) is 12.6. The highest BCUT2D eigenvalue weighted by molar-refractivity contribution is 9.10. The average Bonchev–Trinajstić information content (AvgIpc) is 2.64. The lowest BCUT2D eigenvalue weighted by Gasteiger charge is -2.20. The molecule has 1 aromatic carbocycles. The van der Waals surface area contributed by atoms with Crippen molar-refractivity contribution in [2.45, 2.75) is 52.0 Å². The summed E-state index contributed by atoms with van der Waals surface area (Å²) in [4.78, 5) is 10.5. The van der Waals surface area contributed by atoms with E-state index >= 15 is 0 Å². The molecule has 21 heavy (non-hydrogen) atoms. The van der Waals surface area contributed by atoms with Crippen molar-refractivity contribution in [3.63, 3.8) is 0 Å². The fourth-order valence-electron chi connectivity index (χ4n) is 3.12. The van der Waals surface area contributed by atoms with Crippen molar-refractivity contribution in [3.8, 4) is 0 Å². The Morgan fingerprint density at radius 2 is 2.05 bits per heavy atom. The zero-order chi connectivity index (χ0) is 15.4. The van der Waals surface area contributed by atoms with Gasteiger partial charge in [0.15, 0.2) is 0 Å². The van der Waals surface area contributed by atoms with E-state index in [2.05, 4.69) is 35.1 Å². The van der Waals surface area contributed by atoms with Crippen LogP contribution in [-0.2, 0) is 0 Å². The molecule has 1 aliphatic carbocycles. The smallest absolute Gasteiger partial charge is 0.283 e. The summed E-state index contributed by atoms with van der Waals surface area (Å²) in [5.74, 6) is 1.60. The Hall–Kier alpha value is -1.10. The van der Waals surface area contributed by atoms with Gasteiger partial charge >= 0.3 is 0 Å². The molecule has 4 nitrogen and oxygen atoms in total. The molecular weight excluding hydrogens is 332 g/mol. The summed E-state index contributed by atoms with van der Waals surface area (Å²) >= 11 is 3.27. The standard InChI is InChI=1S/C16H23BrN2O2/c1-11(2)12-4-3-5-13(7-6-12)18-14-8-9-16(19(20)21)15(17)10-14/h8-13,18H,3-7H2,1-2H3. The predicted molar refractivity (Wildman–Crippen MR) is 89.6 cm³/mol. The Morgan fingerprint density at radius 1 is 1.29 bits per heavy atom. The van der Waals surface area contributed by atoms with Crippen LogP contribution in [0.5, 0.6) is 0 Å². The van der Waals surface area contributed by atoms with Gasteiger partial charge in [-0.1, -0.05) is 26.7 Å². The number of rotatable bonds is 4. The van der Waals surface area contributed by atoms with E-state index in [4.69, 9.17) is 0 Å². The predicted octanol–water partition coefficient (Wildman–Crippen LogP) is 5.37. The zero-order valence-corrected chi connectivity index (χ0v) is 14.2. The molecule has 2 unspecified atom stereocenters. The Kier molecular flexibility index (Phi) is 5.62. The first kappa shape index (κ1) is 16.3. The van der Waals surface area contributed by atoms with Gasteiger partial charge in [0.25, 0.3) is 5.69 Å². The van der Waals surface area contributed by atoms with Crippen molar-refractivity contribution in [1.29, 1.82) is 0 Å². The number of hydrogen-bond acceptors (Lipinski definition) is 3. The first-order valence-corrected chi connectivity index (χ1v) is 8.47. The summed E-state index contributed by atoms with van der Waals surface area (Å²) in [6.07, 6.45) is 6.20. The van der Waals surface area contributed by atoms with Crippen LogP contribution in [0.2, 0.25) is 0 Å². The summed E-state index contributed by atoms with van der Waals surface area (Å²) in [6, 6.07) is 5.64. The summed E-state index contributed by atoms with van der Waals surface area (Å²) < 4.78 is 0.533. The lowest BCUT2D eigenvalue weighted by molar-refractivity contribution is -0.385. The minimum atomic E-state index is -0.368. The third-order valence-electron chi connectivity index (χ3n) is 4.47. The molecule has 1 aromatic rings. The molecule has 0 bridgehead atoms. The van der Waals surface area contributed by atoms with Crippen LogP contribution in [0.4, 0.5) is 11.4 Å². The topological polar surface area (TPSA) is 55.2 Å². The van der Waals surface area contributed by atoms with Gasteiger partial charge < -0.3 is 5.32 Å². The van der Waals surface area contributed by atoms with Gasteiger partial charge in [0, 0.05) is 17.8 Å². The third kappa shape index (κ3) is 4.43. The number of anilines is 1. The van der Waals surface area contributed by atoms with Crippen LogP contribution in [0.25, 0.3) is 0 Å².